The second-order valence-electron chi connectivity index (χ2n) is 7.85. The van der Waals surface area contributed by atoms with Gasteiger partial charge in [0.25, 0.3) is 0 Å². The van der Waals surface area contributed by atoms with E-state index in [-0.39, 0.29) is 30.0 Å². The zero-order valence-corrected chi connectivity index (χ0v) is 18.2. The highest BCUT2D eigenvalue weighted by Crippen LogP contribution is 2.28. The minimum absolute atomic E-state index is 0.114. The second-order valence-corrected chi connectivity index (χ2v) is 7.85. The van der Waals surface area contributed by atoms with Crippen LogP contribution in [0.25, 0.3) is 11.0 Å². The van der Waals surface area contributed by atoms with E-state index in [0.29, 0.717) is 16.5 Å². The van der Waals surface area contributed by atoms with Crippen LogP contribution in [-0.4, -0.2) is 22.6 Å². The predicted molar refractivity (Wildman–Crippen MR) is 122 cm³/mol. The van der Waals surface area contributed by atoms with Crippen molar-refractivity contribution in [3.63, 3.8) is 0 Å². The molecular formula is C24H22F3N5O2. The molecule has 0 fully saturated rings. The van der Waals surface area contributed by atoms with Crippen LogP contribution in [0.2, 0.25) is 0 Å². The lowest BCUT2D eigenvalue weighted by atomic mass is 10.0. The number of fused-ring (bicyclic) bond motifs is 1. The first-order chi connectivity index (χ1) is 16.2. The van der Waals surface area contributed by atoms with E-state index in [1.165, 1.54) is 30.5 Å². The number of benzene rings is 2. The molecule has 0 saturated carbocycles. The van der Waals surface area contributed by atoms with Gasteiger partial charge in [-0.05, 0) is 48.4 Å². The molecule has 2 heterocycles. The molecule has 4 aromatic rings. The van der Waals surface area contributed by atoms with Crippen LogP contribution in [0.5, 0.6) is 0 Å². The molecule has 176 valence electrons. The highest BCUT2D eigenvalue weighted by molar-refractivity contribution is 5.87. The van der Waals surface area contributed by atoms with Crippen molar-refractivity contribution in [3.05, 3.63) is 82.9 Å². The molecule has 1 amide bonds. The monoisotopic (exact) mass is 469 g/mol. The van der Waals surface area contributed by atoms with Gasteiger partial charge >= 0.3 is 5.92 Å². The number of nitrogens with one attached hydrogen (secondary N) is 2. The summed E-state index contributed by atoms with van der Waals surface area (Å²) in [6, 6.07) is 12.4. The molecule has 0 aliphatic rings. The molecule has 0 unspecified atom stereocenters. The van der Waals surface area contributed by atoms with Gasteiger partial charge in [0.1, 0.15) is 11.5 Å². The van der Waals surface area contributed by atoms with Gasteiger partial charge in [0.05, 0.1) is 24.0 Å². The number of alkyl halides is 2. The molecule has 0 saturated heterocycles. The Hall–Kier alpha value is -4.08. The molecule has 34 heavy (non-hydrogen) atoms. The first kappa shape index (κ1) is 23.1. The van der Waals surface area contributed by atoms with Crippen molar-refractivity contribution in [1.82, 2.24) is 15.5 Å². The number of nitrogen functional groups attached to an aromatic ring is 1. The van der Waals surface area contributed by atoms with Gasteiger partial charge in [-0.25, -0.2) is 4.39 Å². The summed E-state index contributed by atoms with van der Waals surface area (Å²) in [5.74, 6) is -4.19. The van der Waals surface area contributed by atoms with Gasteiger partial charge in [-0.2, -0.15) is 8.78 Å². The number of anilines is 2. The highest BCUT2D eigenvalue weighted by Gasteiger charge is 2.33. The van der Waals surface area contributed by atoms with E-state index in [2.05, 4.69) is 20.8 Å². The van der Waals surface area contributed by atoms with Crippen LogP contribution >= 0.6 is 0 Å². The summed E-state index contributed by atoms with van der Waals surface area (Å²) >= 11 is 0. The molecule has 0 radical (unpaired) electrons. The standard InChI is InChI=1S/C24H22F3N5O2/c1-14-5-8-18(31-13-24(26,27)20-4-2-3-9-29-20)22(25)17(14)11-21(33)30-12-15-6-7-16-19(10-15)34-32-23(16)28/h2-10,31H,11-13H2,1H3,(H2,28,32)(H,30,33). The topological polar surface area (TPSA) is 106 Å². The van der Waals surface area contributed by atoms with Gasteiger partial charge in [-0.3, -0.25) is 9.78 Å². The lowest BCUT2D eigenvalue weighted by molar-refractivity contribution is -0.120. The van der Waals surface area contributed by atoms with Crippen LogP contribution in [0.15, 0.2) is 59.3 Å². The van der Waals surface area contributed by atoms with Gasteiger partial charge in [-0.15, -0.1) is 0 Å². The number of amides is 1. The highest BCUT2D eigenvalue weighted by atomic mass is 19.3. The van der Waals surface area contributed by atoms with Crippen LogP contribution in [0.1, 0.15) is 22.4 Å². The molecule has 2 aromatic carbocycles. The van der Waals surface area contributed by atoms with Crippen molar-refractivity contribution in [2.24, 2.45) is 0 Å². The van der Waals surface area contributed by atoms with E-state index in [9.17, 15) is 13.6 Å². The number of hydrogen-bond donors (Lipinski definition) is 3. The maximum Gasteiger partial charge on any atom is 0.306 e. The lowest BCUT2D eigenvalue weighted by Gasteiger charge is -2.18. The number of carbonyl (C=O) groups is 1. The van der Waals surface area contributed by atoms with Crippen LogP contribution < -0.4 is 16.4 Å². The first-order valence-corrected chi connectivity index (χ1v) is 10.5. The fourth-order valence-electron chi connectivity index (χ4n) is 3.48. The van der Waals surface area contributed by atoms with Crippen molar-refractivity contribution in [2.75, 3.05) is 17.6 Å². The van der Waals surface area contributed by atoms with Crippen LogP contribution in [-0.2, 0) is 23.7 Å². The van der Waals surface area contributed by atoms with Crippen LogP contribution in [0, 0.1) is 12.7 Å². The van der Waals surface area contributed by atoms with E-state index in [0.717, 1.165) is 5.56 Å². The fraction of sp³-hybridized carbons (Fsp3) is 0.208. The van der Waals surface area contributed by atoms with Gasteiger partial charge in [0.15, 0.2) is 11.4 Å². The molecule has 0 aliphatic carbocycles. The Balaban J connectivity index is 1.41. The van der Waals surface area contributed by atoms with Gasteiger partial charge < -0.3 is 20.9 Å². The smallest absolute Gasteiger partial charge is 0.306 e. The molecule has 4 rings (SSSR count). The van der Waals surface area contributed by atoms with Crippen molar-refractivity contribution < 1.29 is 22.5 Å². The fourth-order valence-corrected chi connectivity index (χ4v) is 3.48. The molecule has 10 heteroatoms. The van der Waals surface area contributed by atoms with Gasteiger partial charge in [0, 0.05) is 18.3 Å². The van der Waals surface area contributed by atoms with Crippen molar-refractivity contribution in [1.29, 1.82) is 0 Å². The molecule has 0 aliphatic heterocycles. The third-order valence-corrected chi connectivity index (χ3v) is 5.41. The SMILES string of the molecule is Cc1ccc(NCC(F)(F)c2ccccn2)c(F)c1CC(=O)NCc1ccc2c(N)noc2c1. The average Bonchev–Trinajstić information content (AvgIpc) is 3.20. The number of aryl methyl sites for hydroxylation is 1. The number of rotatable bonds is 8. The number of hydrogen-bond acceptors (Lipinski definition) is 6. The Kier molecular flexibility index (Phi) is 6.40. The Bertz CT molecular complexity index is 1330. The molecule has 4 N–H and O–H groups in total. The molecule has 0 bridgehead atoms. The van der Waals surface area contributed by atoms with Crippen molar-refractivity contribution in [3.8, 4) is 0 Å². The molecule has 2 aromatic heterocycles. The average molecular weight is 469 g/mol. The maximum absolute atomic E-state index is 15.1. The summed E-state index contributed by atoms with van der Waals surface area (Å²) < 4.78 is 49.0. The minimum atomic E-state index is -3.30. The normalized spacial score (nSPS) is 11.5. The molecule has 0 spiro atoms. The number of halogens is 3. The largest absolute Gasteiger partial charge is 0.380 e. The van der Waals surface area contributed by atoms with E-state index in [1.54, 1.807) is 31.2 Å². The van der Waals surface area contributed by atoms with Crippen LogP contribution in [0.3, 0.4) is 0 Å². The Morgan fingerprint density at radius 2 is 2.00 bits per heavy atom. The number of nitrogens with zero attached hydrogens (tertiary/aromatic N) is 2. The van der Waals surface area contributed by atoms with Crippen molar-refractivity contribution in [2.45, 2.75) is 25.8 Å². The summed E-state index contributed by atoms with van der Waals surface area (Å²) in [6.07, 6.45) is 1.02. The number of pyridine rings is 1. The van der Waals surface area contributed by atoms with Crippen molar-refractivity contribution >= 4 is 28.4 Å². The number of nitrogens with two attached hydrogens (primary N) is 1. The van der Waals surface area contributed by atoms with Gasteiger partial charge in [0.2, 0.25) is 5.91 Å². The summed E-state index contributed by atoms with van der Waals surface area (Å²) in [4.78, 5) is 16.2. The maximum atomic E-state index is 15.1. The quantitative estimate of drug-likeness (QED) is 0.355. The first-order valence-electron chi connectivity index (χ1n) is 10.5. The summed E-state index contributed by atoms with van der Waals surface area (Å²) in [6.45, 7) is 0.995. The zero-order valence-electron chi connectivity index (χ0n) is 18.2. The Morgan fingerprint density at radius 1 is 1.18 bits per heavy atom. The lowest BCUT2D eigenvalue weighted by Crippen LogP contribution is -2.27. The van der Waals surface area contributed by atoms with E-state index < -0.39 is 29.9 Å². The molecular weight excluding hydrogens is 447 g/mol. The third-order valence-electron chi connectivity index (χ3n) is 5.41. The summed E-state index contributed by atoms with van der Waals surface area (Å²) in [5.41, 5.74) is 7.07. The zero-order chi connectivity index (χ0) is 24.3. The predicted octanol–water partition coefficient (Wildman–Crippen LogP) is 4.32. The van der Waals surface area contributed by atoms with Crippen LogP contribution in [0.4, 0.5) is 24.7 Å². The molecule has 7 nitrogen and oxygen atoms in total. The number of aromatic nitrogens is 2. The van der Waals surface area contributed by atoms with E-state index >= 15 is 4.39 Å². The molecule has 0 atom stereocenters. The summed E-state index contributed by atoms with van der Waals surface area (Å²) in [5, 5.41) is 9.52. The Labute approximate surface area is 193 Å². The van der Waals surface area contributed by atoms with E-state index in [1.807, 2.05) is 0 Å². The minimum Gasteiger partial charge on any atom is -0.380 e. The van der Waals surface area contributed by atoms with E-state index in [4.69, 9.17) is 10.3 Å². The number of carbonyl (C=O) groups excluding carboxylic acids is 1. The Morgan fingerprint density at radius 3 is 2.76 bits per heavy atom. The third kappa shape index (κ3) is 4.95. The summed E-state index contributed by atoms with van der Waals surface area (Å²) in [7, 11) is 0. The van der Waals surface area contributed by atoms with Gasteiger partial charge in [-0.1, -0.05) is 23.4 Å². The second kappa shape index (κ2) is 9.42.